The lowest BCUT2D eigenvalue weighted by atomic mass is 10.1. The molecule has 0 aliphatic carbocycles. The summed E-state index contributed by atoms with van der Waals surface area (Å²) in [6.07, 6.45) is 0. The molecule has 0 aliphatic heterocycles. The molecule has 4 heteroatoms. The second kappa shape index (κ2) is 6.15. The van der Waals surface area contributed by atoms with Crippen molar-refractivity contribution in [2.45, 2.75) is 26.8 Å². The van der Waals surface area contributed by atoms with Crippen LogP contribution in [0.25, 0.3) is 0 Å². The molecule has 17 heavy (non-hydrogen) atoms. The number of carbonyl (C=O) groups is 1. The molecule has 0 aromatic heterocycles. The number of hydrogen-bond donors (Lipinski definition) is 1. The molecule has 0 aliphatic rings. The van der Waals surface area contributed by atoms with Crippen LogP contribution in [0.15, 0.2) is 18.2 Å². The van der Waals surface area contributed by atoms with E-state index in [1.165, 1.54) is 12.1 Å². The molecule has 1 amide bonds. The molecule has 0 saturated carbocycles. The van der Waals surface area contributed by atoms with Crippen LogP contribution >= 0.6 is 15.9 Å². The highest BCUT2D eigenvalue weighted by Gasteiger charge is 2.15. The zero-order chi connectivity index (χ0) is 13.0. The Labute approximate surface area is 110 Å². The van der Waals surface area contributed by atoms with Crippen LogP contribution in [-0.2, 0) is 0 Å². The van der Waals surface area contributed by atoms with Gasteiger partial charge in [0.25, 0.3) is 5.91 Å². The van der Waals surface area contributed by atoms with E-state index in [9.17, 15) is 9.18 Å². The first-order chi connectivity index (χ1) is 7.95. The molecule has 2 atom stereocenters. The molecular formula is C13H17BrFNO. The summed E-state index contributed by atoms with van der Waals surface area (Å²) in [5, 5.41) is 3.73. The van der Waals surface area contributed by atoms with Gasteiger partial charge in [0.1, 0.15) is 5.82 Å². The van der Waals surface area contributed by atoms with Crippen LogP contribution in [0, 0.1) is 18.7 Å². The van der Waals surface area contributed by atoms with Crippen molar-refractivity contribution >= 4 is 21.8 Å². The van der Waals surface area contributed by atoms with Crippen LogP contribution in [0.4, 0.5) is 4.39 Å². The Balaban J connectivity index is 2.73. The standard InChI is InChI=1S/C13H17BrFNO/c1-8-6-11(4-5-12(8)15)13(17)16-10(3)9(2)7-14/h4-6,9-10H,7H2,1-3H3,(H,16,17). The van der Waals surface area contributed by atoms with Gasteiger partial charge in [0, 0.05) is 16.9 Å². The predicted octanol–water partition coefficient (Wildman–Crippen LogP) is 3.28. The number of carbonyl (C=O) groups excluding carboxylic acids is 1. The zero-order valence-electron chi connectivity index (χ0n) is 10.3. The van der Waals surface area contributed by atoms with E-state index in [4.69, 9.17) is 0 Å². The summed E-state index contributed by atoms with van der Waals surface area (Å²) in [6, 6.07) is 4.47. The maximum atomic E-state index is 13.1. The summed E-state index contributed by atoms with van der Waals surface area (Å²) >= 11 is 3.38. The molecule has 94 valence electrons. The molecule has 0 heterocycles. The molecule has 1 aromatic carbocycles. The van der Waals surface area contributed by atoms with Gasteiger partial charge in [0.05, 0.1) is 0 Å². The van der Waals surface area contributed by atoms with E-state index in [0.717, 1.165) is 5.33 Å². The Kier molecular flexibility index (Phi) is 5.12. The quantitative estimate of drug-likeness (QED) is 0.850. The first-order valence-electron chi connectivity index (χ1n) is 5.58. The SMILES string of the molecule is Cc1cc(C(=O)NC(C)C(C)CBr)ccc1F. The van der Waals surface area contributed by atoms with Crippen molar-refractivity contribution in [3.05, 3.63) is 35.1 Å². The minimum atomic E-state index is -0.288. The second-order valence-electron chi connectivity index (χ2n) is 4.36. The first-order valence-corrected chi connectivity index (χ1v) is 6.70. The highest BCUT2D eigenvalue weighted by Crippen LogP contribution is 2.11. The van der Waals surface area contributed by atoms with E-state index in [2.05, 4.69) is 28.2 Å². The number of amides is 1. The molecule has 1 rings (SSSR count). The third kappa shape index (κ3) is 3.80. The van der Waals surface area contributed by atoms with Gasteiger partial charge in [-0.2, -0.15) is 0 Å². The topological polar surface area (TPSA) is 29.1 Å². The van der Waals surface area contributed by atoms with Gasteiger partial charge < -0.3 is 5.32 Å². The number of alkyl halides is 1. The summed E-state index contributed by atoms with van der Waals surface area (Å²) in [5.41, 5.74) is 0.983. The van der Waals surface area contributed by atoms with Crippen LogP contribution < -0.4 is 5.32 Å². The molecule has 0 saturated heterocycles. The average molecular weight is 302 g/mol. The van der Waals surface area contributed by atoms with Gasteiger partial charge in [-0.25, -0.2) is 4.39 Å². The Morgan fingerprint density at radius 3 is 2.65 bits per heavy atom. The molecule has 0 fully saturated rings. The summed E-state index contributed by atoms with van der Waals surface area (Å²) in [6.45, 7) is 5.66. The Morgan fingerprint density at radius 2 is 2.12 bits per heavy atom. The number of benzene rings is 1. The third-order valence-corrected chi connectivity index (χ3v) is 3.90. The van der Waals surface area contributed by atoms with Crippen molar-refractivity contribution < 1.29 is 9.18 Å². The van der Waals surface area contributed by atoms with Gasteiger partial charge in [-0.05, 0) is 43.5 Å². The number of nitrogens with one attached hydrogen (secondary N) is 1. The zero-order valence-corrected chi connectivity index (χ0v) is 11.8. The first kappa shape index (κ1) is 14.2. The van der Waals surface area contributed by atoms with Gasteiger partial charge in [-0.3, -0.25) is 4.79 Å². The molecular weight excluding hydrogens is 285 g/mol. The van der Waals surface area contributed by atoms with E-state index in [0.29, 0.717) is 17.0 Å². The fourth-order valence-electron chi connectivity index (χ4n) is 1.35. The van der Waals surface area contributed by atoms with Crippen LogP contribution in [0.2, 0.25) is 0 Å². The van der Waals surface area contributed by atoms with Crippen molar-refractivity contribution in [1.82, 2.24) is 5.32 Å². The van der Waals surface area contributed by atoms with Crippen LogP contribution in [0.5, 0.6) is 0 Å². The maximum Gasteiger partial charge on any atom is 0.251 e. The van der Waals surface area contributed by atoms with Crippen molar-refractivity contribution in [2.75, 3.05) is 5.33 Å². The summed E-state index contributed by atoms with van der Waals surface area (Å²) in [5.74, 6) is -0.0997. The second-order valence-corrected chi connectivity index (χ2v) is 5.01. The molecule has 1 aromatic rings. The molecule has 0 radical (unpaired) electrons. The van der Waals surface area contributed by atoms with E-state index >= 15 is 0 Å². The fourth-order valence-corrected chi connectivity index (χ4v) is 1.91. The lowest BCUT2D eigenvalue weighted by molar-refractivity contribution is 0.0931. The minimum Gasteiger partial charge on any atom is -0.349 e. The molecule has 0 spiro atoms. The van der Waals surface area contributed by atoms with Gasteiger partial charge >= 0.3 is 0 Å². The molecule has 2 nitrogen and oxygen atoms in total. The van der Waals surface area contributed by atoms with Crippen molar-refractivity contribution in [3.63, 3.8) is 0 Å². The van der Waals surface area contributed by atoms with Crippen molar-refractivity contribution in [1.29, 1.82) is 0 Å². The predicted molar refractivity (Wildman–Crippen MR) is 71.0 cm³/mol. The van der Waals surface area contributed by atoms with E-state index in [1.54, 1.807) is 13.0 Å². The normalized spacial score (nSPS) is 14.2. The van der Waals surface area contributed by atoms with Gasteiger partial charge in [-0.1, -0.05) is 22.9 Å². The van der Waals surface area contributed by atoms with Crippen molar-refractivity contribution in [2.24, 2.45) is 5.92 Å². The number of halogens is 2. The van der Waals surface area contributed by atoms with Crippen molar-refractivity contribution in [3.8, 4) is 0 Å². The molecule has 1 N–H and O–H groups in total. The van der Waals surface area contributed by atoms with Gasteiger partial charge in [-0.15, -0.1) is 0 Å². The lowest BCUT2D eigenvalue weighted by Crippen LogP contribution is -2.37. The summed E-state index contributed by atoms with van der Waals surface area (Å²) in [7, 11) is 0. The highest BCUT2D eigenvalue weighted by atomic mass is 79.9. The van der Waals surface area contributed by atoms with Crippen LogP contribution in [-0.4, -0.2) is 17.3 Å². The minimum absolute atomic E-state index is 0.0761. The highest BCUT2D eigenvalue weighted by molar-refractivity contribution is 9.09. The van der Waals surface area contributed by atoms with E-state index in [1.807, 2.05) is 6.92 Å². The van der Waals surface area contributed by atoms with E-state index in [-0.39, 0.29) is 17.8 Å². The summed E-state index contributed by atoms with van der Waals surface area (Å²) in [4.78, 5) is 11.9. The van der Waals surface area contributed by atoms with Crippen LogP contribution in [0.3, 0.4) is 0 Å². The Hall–Kier alpha value is -0.900. The monoisotopic (exact) mass is 301 g/mol. The number of hydrogen-bond acceptors (Lipinski definition) is 1. The largest absolute Gasteiger partial charge is 0.349 e. The maximum absolute atomic E-state index is 13.1. The van der Waals surface area contributed by atoms with Gasteiger partial charge in [0.2, 0.25) is 0 Å². The van der Waals surface area contributed by atoms with Gasteiger partial charge in [0.15, 0.2) is 0 Å². The Morgan fingerprint density at radius 1 is 1.47 bits per heavy atom. The van der Waals surface area contributed by atoms with E-state index < -0.39 is 0 Å². The average Bonchev–Trinajstić information content (AvgIpc) is 2.31. The smallest absolute Gasteiger partial charge is 0.251 e. The molecule has 2 unspecified atom stereocenters. The lowest BCUT2D eigenvalue weighted by Gasteiger charge is -2.19. The molecule has 0 bridgehead atoms. The number of aryl methyl sites for hydroxylation is 1. The fraction of sp³-hybridized carbons (Fsp3) is 0.462. The summed E-state index contributed by atoms with van der Waals surface area (Å²) < 4.78 is 13.1. The Bertz CT molecular complexity index is 408. The third-order valence-electron chi connectivity index (χ3n) is 2.88. The number of rotatable bonds is 4. The van der Waals surface area contributed by atoms with Crippen LogP contribution in [0.1, 0.15) is 29.8 Å².